The minimum atomic E-state index is -0.130. The van der Waals surface area contributed by atoms with Crippen LogP contribution in [0.25, 0.3) is 0 Å². The molecule has 1 N–H and O–H groups in total. The second-order valence-corrected chi connectivity index (χ2v) is 7.12. The number of hydrogen-bond acceptors (Lipinski definition) is 1. The van der Waals surface area contributed by atoms with Crippen molar-refractivity contribution in [3.05, 3.63) is 34.9 Å². The summed E-state index contributed by atoms with van der Waals surface area (Å²) in [5, 5.41) is 4.00. The molecular weight excluding hydrogens is 282 g/mol. The third-order valence-electron chi connectivity index (χ3n) is 5.01. The highest BCUT2D eigenvalue weighted by atomic mass is 35.5. The van der Waals surface area contributed by atoms with Crippen molar-refractivity contribution in [2.24, 2.45) is 5.92 Å². The summed E-state index contributed by atoms with van der Waals surface area (Å²) in [5.41, 5.74) is 1.02. The maximum Gasteiger partial charge on any atom is 0.220 e. The van der Waals surface area contributed by atoms with Crippen LogP contribution in [0.15, 0.2) is 24.3 Å². The van der Waals surface area contributed by atoms with Gasteiger partial charge in [-0.05, 0) is 42.9 Å². The Bertz CT molecular complexity index is 504. The first-order chi connectivity index (χ1) is 10.2. The Morgan fingerprint density at radius 3 is 2.67 bits per heavy atom. The Balaban J connectivity index is 1.52. The molecule has 114 valence electrons. The van der Waals surface area contributed by atoms with Crippen molar-refractivity contribution in [1.82, 2.24) is 5.32 Å². The van der Waals surface area contributed by atoms with Gasteiger partial charge in [0.05, 0.1) is 5.54 Å². The molecule has 2 aliphatic carbocycles. The fraction of sp³-hybridized carbons (Fsp3) is 0.611. The van der Waals surface area contributed by atoms with Crippen molar-refractivity contribution >= 4 is 17.5 Å². The van der Waals surface area contributed by atoms with E-state index in [1.54, 1.807) is 0 Å². The van der Waals surface area contributed by atoms with Crippen LogP contribution in [0.5, 0.6) is 0 Å². The van der Waals surface area contributed by atoms with Crippen molar-refractivity contribution in [2.75, 3.05) is 0 Å². The molecule has 0 heterocycles. The Hall–Kier alpha value is -1.02. The van der Waals surface area contributed by atoms with Crippen molar-refractivity contribution in [3.63, 3.8) is 0 Å². The largest absolute Gasteiger partial charge is 0.347 e. The Labute approximate surface area is 132 Å². The summed E-state index contributed by atoms with van der Waals surface area (Å²) in [6, 6.07) is 7.90. The molecule has 0 atom stereocenters. The molecule has 0 bridgehead atoms. The van der Waals surface area contributed by atoms with Gasteiger partial charge < -0.3 is 5.32 Å². The molecule has 1 aromatic carbocycles. The van der Waals surface area contributed by atoms with Gasteiger partial charge in [-0.3, -0.25) is 4.79 Å². The first-order valence-electron chi connectivity index (χ1n) is 8.25. The topological polar surface area (TPSA) is 29.1 Å². The molecule has 2 saturated carbocycles. The minimum Gasteiger partial charge on any atom is -0.347 e. The second kappa shape index (κ2) is 6.39. The van der Waals surface area contributed by atoms with Gasteiger partial charge in [0, 0.05) is 11.4 Å². The van der Waals surface area contributed by atoms with Gasteiger partial charge in [-0.25, -0.2) is 0 Å². The monoisotopic (exact) mass is 305 g/mol. The van der Waals surface area contributed by atoms with Gasteiger partial charge in [0.2, 0.25) is 5.91 Å². The molecule has 0 unspecified atom stereocenters. The van der Waals surface area contributed by atoms with E-state index in [-0.39, 0.29) is 11.4 Å². The lowest BCUT2D eigenvalue weighted by Crippen LogP contribution is -2.35. The molecule has 3 rings (SSSR count). The van der Waals surface area contributed by atoms with Crippen LogP contribution in [0.2, 0.25) is 5.02 Å². The van der Waals surface area contributed by atoms with Crippen LogP contribution in [0.3, 0.4) is 0 Å². The van der Waals surface area contributed by atoms with Crippen molar-refractivity contribution in [2.45, 2.75) is 63.3 Å². The SMILES string of the molecule is O=C(CCC1CCCCC1)NC1(c2cccc(Cl)c2)CC1. The van der Waals surface area contributed by atoms with Crippen LogP contribution in [0.1, 0.15) is 63.4 Å². The smallest absolute Gasteiger partial charge is 0.220 e. The molecule has 3 heteroatoms. The van der Waals surface area contributed by atoms with E-state index in [0.29, 0.717) is 6.42 Å². The number of hydrogen-bond donors (Lipinski definition) is 1. The van der Waals surface area contributed by atoms with Gasteiger partial charge in [-0.2, -0.15) is 0 Å². The number of benzene rings is 1. The van der Waals surface area contributed by atoms with Gasteiger partial charge in [0.1, 0.15) is 0 Å². The maximum atomic E-state index is 12.3. The lowest BCUT2D eigenvalue weighted by molar-refractivity contribution is -0.122. The lowest BCUT2D eigenvalue weighted by Gasteiger charge is -2.22. The molecular formula is C18H24ClNO. The quantitative estimate of drug-likeness (QED) is 0.831. The molecule has 1 amide bonds. The Kier molecular flexibility index (Phi) is 4.54. The van der Waals surface area contributed by atoms with Crippen molar-refractivity contribution in [3.8, 4) is 0 Å². The van der Waals surface area contributed by atoms with E-state index >= 15 is 0 Å². The van der Waals surface area contributed by atoms with Crippen LogP contribution in [0, 0.1) is 5.92 Å². The van der Waals surface area contributed by atoms with Gasteiger partial charge in [-0.15, -0.1) is 0 Å². The zero-order valence-electron chi connectivity index (χ0n) is 12.5. The normalized spacial score (nSPS) is 21.0. The average molecular weight is 306 g/mol. The molecule has 21 heavy (non-hydrogen) atoms. The number of carbonyl (C=O) groups excluding carboxylic acids is 1. The molecule has 2 aliphatic rings. The first kappa shape index (κ1) is 14.9. The van der Waals surface area contributed by atoms with Crippen molar-refractivity contribution in [1.29, 1.82) is 0 Å². The molecule has 0 spiro atoms. The van der Waals surface area contributed by atoms with Crippen LogP contribution in [0.4, 0.5) is 0 Å². The third kappa shape index (κ3) is 3.79. The predicted octanol–water partition coefficient (Wildman–Crippen LogP) is 4.81. The summed E-state index contributed by atoms with van der Waals surface area (Å²) in [4.78, 5) is 12.3. The zero-order chi connectivity index (χ0) is 14.7. The molecule has 0 radical (unpaired) electrons. The van der Waals surface area contributed by atoms with Crippen molar-refractivity contribution < 1.29 is 4.79 Å². The molecule has 0 saturated heterocycles. The van der Waals surface area contributed by atoms with E-state index in [0.717, 1.165) is 35.8 Å². The maximum absolute atomic E-state index is 12.3. The molecule has 0 aliphatic heterocycles. The predicted molar refractivity (Wildman–Crippen MR) is 86.3 cm³/mol. The van der Waals surface area contributed by atoms with Gasteiger partial charge in [-0.1, -0.05) is 55.8 Å². The minimum absolute atomic E-state index is 0.130. The van der Waals surface area contributed by atoms with Gasteiger partial charge >= 0.3 is 0 Å². The molecule has 2 nitrogen and oxygen atoms in total. The number of nitrogens with one attached hydrogen (secondary N) is 1. The summed E-state index contributed by atoms with van der Waals surface area (Å²) in [5.74, 6) is 0.976. The number of halogens is 1. The highest BCUT2D eigenvalue weighted by Gasteiger charge is 2.45. The van der Waals surface area contributed by atoms with Gasteiger partial charge in [0.25, 0.3) is 0 Å². The lowest BCUT2D eigenvalue weighted by atomic mass is 9.86. The van der Waals surface area contributed by atoms with E-state index in [1.807, 2.05) is 18.2 Å². The summed E-state index contributed by atoms with van der Waals surface area (Å²) in [6.45, 7) is 0. The van der Waals surface area contributed by atoms with Crippen LogP contribution < -0.4 is 5.32 Å². The standard InChI is InChI=1S/C18H24ClNO/c19-16-8-4-7-15(13-16)18(11-12-18)20-17(21)10-9-14-5-2-1-3-6-14/h4,7-8,13-14H,1-3,5-6,9-12H2,(H,20,21). The van der Waals surface area contributed by atoms with Crippen LogP contribution in [-0.4, -0.2) is 5.91 Å². The molecule has 1 aromatic rings. The zero-order valence-corrected chi connectivity index (χ0v) is 13.3. The number of rotatable bonds is 5. The fourth-order valence-corrected chi connectivity index (χ4v) is 3.73. The Morgan fingerprint density at radius 2 is 2.00 bits per heavy atom. The van der Waals surface area contributed by atoms with Crippen LogP contribution >= 0.6 is 11.6 Å². The van der Waals surface area contributed by atoms with Crippen LogP contribution in [-0.2, 0) is 10.3 Å². The first-order valence-corrected chi connectivity index (χ1v) is 8.63. The summed E-state index contributed by atoms with van der Waals surface area (Å²) >= 11 is 6.07. The van der Waals surface area contributed by atoms with E-state index in [4.69, 9.17) is 11.6 Å². The number of amides is 1. The van der Waals surface area contributed by atoms with E-state index in [1.165, 1.54) is 32.1 Å². The van der Waals surface area contributed by atoms with E-state index in [9.17, 15) is 4.79 Å². The molecule has 0 aromatic heterocycles. The van der Waals surface area contributed by atoms with E-state index < -0.39 is 0 Å². The summed E-state index contributed by atoms with van der Waals surface area (Å²) in [7, 11) is 0. The molecule has 2 fully saturated rings. The summed E-state index contributed by atoms with van der Waals surface area (Å²) < 4.78 is 0. The fourth-order valence-electron chi connectivity index (χ4n) is 3.54. The second-order valence-electron chi connectivity index (χ2n) is 6.68. The Morgan fingerprint density at radius 1 is 1.24 bits per heavy atom. The summed E-state index contributed by atoms with van der Waals surface area (Å²) in [6.07, 6.45) is 10.5. The third-order valence-corrected chi connectivity index (χ3v) is 5.25. The number of carbonyl (C=O) groups is 1. The highest BCUT2D eigenvalue weighted by Crippen LogP contribution is 2.46. The van der Waals surface area contributed by atoms with E-state index in [2.05, 4.69) is 11.4 Å². The average Bonchev–Trinajstić information content (AvgIpc) is 3.27. The van der Waals surface area contributed by atoms with Gasteiger partial charge in [0.15, 0.2) is 0 Å². The highest BCUT2D eigenvalue weighted by molar-refractivity contribution is 6.30.